The molecule has 0 saturated carbocycles. The predicted octanol–water partition coefficient (Wildman–Crippen LogP) is 1.32. The highest BCUT2D eigenvalue weighted by Crippen LogP contribution is 2.22. The molecule has 0 radical (unpaired) electrons. The zero-order valence-electron chi connectivity index (χ0n) is 10.7. The van der Waals surface area contributed by atoms with Gasteiger partial charge in [-0.2, -0.15) is 5.10 Å². The van der Waals surface area contributed by atoms with E-state index in [4.69, 9.17) is 5.11 Å². The number of nitrogens with zero attached hydrogens (tertiary/aromatic N) is 2. The van der Waals surface area contributed by atoms with Crippen molar-refractivity contribution in [1.82, 2.24) is 15.1 Å². The molecule has 1 aliphatic rings. The van der Waals surface area contributed by atoms with Crippen molar-refractivity contribution in [3.8, 4) is 0 Å². The topological polar surface area (TPSA) is 50.1 Å². The summed E-state index contributed by atoms with van der Waals surface area (Å²) in [7, 11) is 1.96. The summed E-state index contributed by atoms with van der Waals surface area (Å²) in [4.78, 5) is 0. The Morgan fingerprint density at radius 2 is 2.35 bits per heavy atom. The monoisotopic (exact) mass is 235 g/mol. The van der Waals surface area contributed by atoms with Crippen LogP contribution < -0.4 is 5.32 Å². The molecule has 1 aliphatic carbocycles. The van der Waals surface area contributed by atoms with E-state index in [0.717, 1.165) is 6.42 Å². The Morgan fingerprint density at radius 1 is 1.59 bits per heavy atom. The summed E-state index contributed by atoms with van der Waals surface area (Å²) in [6.07, 6.45) is 7.17. The van der Waals surface area contributed by atoms with Gasteiger partial charge in [-0.25, -0.2) is 0 Å². The second-order valence-electron chi connectivity index (χ2n) is 4.87. The van der Waals surface area contributed by atoms with E-state index in [9.17, 15) is 0 Å². The van der Waals surface area contributed by atoms with Gasteiger partial charge in [-0.15, -0.1) is 0 Å². The van der Waals surface area contributed by atoms with Gasteiger partial charge in [0.1, 0.15) is 0 Å². The van der Waals surface area contributed by atoms with Crippen molar-refractivity contribution in [3.05, 3.63) is 29.6 Å². The van der Waals surface area contributed by atoms with E-state index in [-0.39, 0.29) is 12.6 Å². The van der Waals surface area contributed by atoms with Crippen molar-refractivity contribution in [2.75, 3.05) is 6.61 Å². The molecular formula is C13H21N3O. The second-order valence-corrected chi connectivity index (χ2v) is 4.87. The lowest BCUT2D eigenvalue weighted by Gasteiger charge is -2.19. The van der Waals surface area contributed by atoms with Gasteiger partial charge in [-0.3, -0.25) is 4.68 Å². The van der Waals surface area contributed by atoms with Crippen molar-refractivity contribution in [2.45, 2.75) is 32.4 Å². The fraction of sp³-hybridized carbons (Fsp3) is 0.615. The Kier molecular flexibility index (Phi) is 3.64. The van der Waals surface area contributed by atoms with E-state index in [1.807, 2.05) is 17.9 Å². The SMILES string of the molecule is Cc1c(C(C)N[C@@H]2C=C[C@H](CO)C2)cnn1C. The second kappa shape index (κ2) is 5.02. The summed E-state index contributed by atoms with van der Waals surface area (Å²) >= 11 is 0. The van der Waals surface area contributed by atoms with Gasteiger partial charge >= 0.3 is 0 Å². The van der Waals surface area contributed by atoms with Gasteiger partial charge in [0.25, 0.3) is 0 Å². The van der Waals surface area contributed by atoms with Crippen LogP contribution in [0.3, 0.4) is 0 Å². The molecule has 3 atom stereocenters. The van der Waals surface area contributed by atoms with Gasteiger partial charge in [0.05, 0.1) is 6.20 Å². The predicted molar refractivity (Wildman–Crippen MR) is 67.6 cm³/mol. The third kappa shape index (κ3) is 2.58. The molecule has 2 rings (SSSR count). The maximum Gasteiger partial charge on any atom is 0.0540 e. The van der Waals surface area contributed by atoms with Crippen LogP contribution in [0.4, 0.5) is 0 Å². The molecule has 0 fully saturated rings. The molecule has 1 aromatic heterocycles. The van der Waals surface area contributed by atoms with Gasteiger partial charge < -0.3 is 10.4 Å². The standard InChI is InChI=1S/C13H21N3O/c1-9(13-7-14-16(3)10(13)2)15-12-5-4-11(6-12)8-17/h4-5,7,9,11-12,15,17H,6,8H2,1-3H3/t9?,11-,12+/m0/s1. The highest BCUT2D eigenvalue weighted by molar-refractivity contribution is 5.20. The lowest BCUT2D eigenvalue weighted by molar-refractivity contribution is 0.245. The average molecular weight is 235 g/mol. The van der Waals surface area contributed by atoms with Crippen molar-refractivity contribution in [3.63, 3.8) is 0 Å². The van der Waals surface area contributed by atoms with Crippen LogP contribution in [-0.4, -0.2) is 27.5 Å². The Bertz CT molecular complexity index is 411. The van der Waals surface area contributed by atoms with Gasteiger partial charge in [-0.05, 0) is 20.3 Å². The fourth-order valence-corrected chi connectivity index (χ4v) is 2.39. The van der Waals surface area contributed by atoms with E-state index in [1.165, 1.54) is 11.3 Å². The molecule has 4 nitrogen and oxygen atoms in total. The van der Waals surface area contributed by atoms with E-state index in [2.05, 4.69) is 36.4 Å². The highest BCUT2D eigenvalue weighted by atomic mass is 16.3. The van der Waals surface area contributed by atoms with Crippen LogP contribution in [0.25, 0.3) is 0 Å². The number of aryl methyl sites for hydroxylation is 1. The number of nitrogens with one attached hydrogen (secondary N) is 1. The number of rotatable bonds is 4. The summed E-state index contributed by atoms with van der Waals surface area (Å²) in [6.45, 7) is 4.49. The number of hydrogen-bond donors (Lipinski definition) is 2. The van der Waals surface area contributed by atoms with E-state index >= 15 is 0 Å². The van der Waals surface area contributed by atoms with Gasteiger partial charge in [0.2, 0.25) is 0 Å². The van der Waals surface area contributed by atoms with Gasteiger partial charge in [-0.1, -0.05) is 12.2 Å². The van der Waals surface area contributed by atoms with Gasteiger partial charge in [0, 0.05) is 42.9 Å². The summed E-state index contributed by atoms with van der Waals surface area (Å²) in [5.74, 6) is 0.315. The Morgan fingerprint density at radius 3 is 2.88 bits per heavy atom. The van der Waals surface area contributed by atoms with Crippen LogP contribution >= 0.6 is 0 Å². The van der Waals surface area contributed by atoms with Crippen LogP contribution in [0.15, 0.2) is 18.3 Å². The van der Waals surface area contributed by atoms with Crippen LogP contribution in [0, 0.1) is 12.8 Å². The first-order valence-corrected chi connectivity index (χ1v) is 6.15. The Labute approximate surface area is 102 Å². The molecule has 1 heterocycles. The van der Waals surface area contributed by atoms with Crippen LogP contribution in [0.1, 0.15) is 30.6 Å². The first kappa shape index (κ1) is 12.3. The summed E-state index contributed by atoms with van der Waals surface area (Å²) < 4.78 is 1.90. The van der Waals surface area contributed by atoms with Crippen LogP contribution in [0.2, 0.25) is 0 Å². The lowest BCUT2D eigenvalue weighted by Crippen LogP contribution is -2.29. The Balaban J connectivity index is 1.96. The molecule has 94 valence electrons. The maximum absolute atomic E-state index is 9.09. The molecule has 17 heavy (non-hydrogen) atoms. The highest BCUT2D eigenvalue weighted by Gasteiger charge is 2.21. The molecule has 0 aliphatic heterocycles. The summed E-state index contributed by atoms with van der Waals surface area (Å²) in [5, 5.41) is 16.9. The van der Waals surface area contributed by atoms with Crippen LogP contribution in [0.5, 0.6) is 0 Å². The number of aliphatic hydroxyl groups is 1. The molecule has 0 amide bonds. The molecule has 0 spiro atoms. The molecular weight excluding hydrogens is 214 g/mol. The molecule has 0 bridgehead atoms. The summed E-state index contributed by atoms with van der Waals surface area (Å²) in [5.41, 5.74) is 2.44. The minimum Gasteiger partial charge on any atom is -0.396 e. The first-order chi connectivity index (χ1) is 8.11. The molecule has 0 saturated heterocycles. The molecule has 2 N–H and O–H groups in total. The van der Waals surface area contributed by atoms with Crippen molar-refractivity contribution >= 4 is 0 Å². The fourth-order valence-electron chi connectivity index (χ4n) is 2.39. The normalized spacial score (nSPS) is 25.4. The third-order valence-electron chi connectivity index (χ3n) is 3.61. The number of aliphatic hydroxyl groups excluding tert-OH is 1. The van der Waals surface area contributed by atoms with Crippen molar-refractivity contribution in [1.29, 1.82) is 0 Å². The molecule has 0 aromatic carbocycles. The number of aromatic nitrogens is 2. The van der Waals surface area contributed by atoms with Gasteiger partial charge in [0.15, 0.2) is 0 Å². The first-order valence-electron chi connectivity index (χ1n) is 6.15. The minimum atomic E-state index is 0.245. The Hall–Kier alpha value is -1.13. The molecule has 1 aromatic rings. The smallest absolute Gasteiger partial charge is 0.0540 e. The van der Waals surface area contributed by atoms with Crippen molar-refractivity contribution < 1.29 is 5.11 Å². The minimum absolute atomic E-state index is 0.245. The number of hydrogen-bond acceptors (Lipinski definition) is 3. The lowest BCUT2D eigenvalue weighted by atomic mass is 10.1. The van der Waals surface area contributed by atoms with Crippen molar-refractivity contribution in [2.24, 2.45) is 13.0 Å². The van der Waals surface area contributed by atoms with E-state index in [1.54, 1.807) is 0 Å². The molecule has 4 heteroatoms. The largest absolute Gasteiger partial charge is 0.396 e. The molecule has 1 unspecified atom stereocenters. The zero-order valence-corrected chi connectivity index (χ0v) is 10.7. The van der Waals surface area contributed by atoms with Crippen LogP contribution in [-0.2, 0) is 7.05 Å². The van der Waals surface area contributed by atoms with E-state index < -0.39 is 0 Å². The average Bonchev–Trinajstić information content (AvgIpc) is 2.88. The third-order valence-corrected chi connectivity index (χ3v) is 3.61. The quantitative estimate of drug-likeness (QED) is 0.774. The zero-order chi connectivity index (χ0) is 12.4. The summed E-state index contributed by atoms with van der Waals surface area (Å²) in [6, 6.07) is 0.651. The maximum atomic E-state index is 9.09. The van der Waals surface area contributed by atoms with E-state index in [0.29, 0.717) is 12.0 Å².